The zero-order valence-electron chi connectivity index (χ0n) is 31.2. The molecular weight excluding hydrogens is 763 g/mol. The third-order valence-corrected chi connectivity index (χ3v) is 13.1. The molecule has 1 aliphatic carbocycles. The minimum atomic E-state index is -3.69. The van der Waals surface area contributed by atoms with Crippen LogP contribution < -0.4 is 5.32 Å². The lowest BCUT2D eigenvalue weighted by atomic mass is 9.85. The van der Waals surface area contributed by atoms with E-state index in [0.717, 1.165) is 57.6 Å². The van der Waals surface area contributed by atoms with Gasteiger partial charge >= 0.3 is 0 Å². The standard InChI is InChI=1S/C45H46Cl2N4O4S/c46-37-16-11-33(12-17-37)44(34-13-18-38(47)19-14-34)36-15-20-42-43(29-36)51(45(49-42)35-9-10-35)40-21-24-50(25-22-40)56(52,53)41-8-4-7-39(30-41)48-23-26-54-27-28-55-31-32-5-2-1-3-6-32/h1-8,11-20,29-30,35,40,44,48H,9-10,21-28,31H2. The van der Waals surface area contributed by atoms with Crippen LogP contribution in [0.3, 0.4) is 0 Å². The normalized spacial score (nSPS) is 15.5. The molecule has 0 radical (unpaired) electrons. The number of hydrogen-bond acceptors (Lipinski definition) is 6. The molecule has 1 N–H and O–H groups in total. The van der Waals surface area contributed by atoms with Crippen LogP contribution in [-0.2, 0) is 26.1 Å². The molecule has 2 aliphatic rings. The third kappa shape index (κ3) is 8.99. The molecule has 290 valence electrons. The van der Waals surface area contributed by atoms with Crippen LogP contribution in [-0.4, -0.2) is 61.7 Å². The molecule has 0 unspecified atom stereocenters. The van der Waals surface area contributed by atoms with E-state index in [4.69, 9.17) is 37.7 Å². The topological polar surface area (TPSA) is 85.7 Å². The minimum Gasteiger partial charge on any atom is -0.383 e. The van der Waals surface area contributed by atoms with Gasteiger partial charge in [-0.2, -0.15) is 4.31 Å². The fourth-order valence-corrected chi connectivity index (χ4v) is 9.49. The molecule has 56 heavy (non-hydrogen) atoms. The van der Waals surface area contributed by atoms with E-state index in [1.807, 2.05) is 60.7 Å². The second kappa shape index (κ2) is 17.5. The van der Waals surface area contributed by atoms with Gasteiger partial charge < -0.3 is 19.4 Å². The van der Waals surface area contributed by atoms with Crippen molar-refractivity contribution in [2.24, 2.45) is 0 Å². The first-order valence-electron chi connectivity index (χ1n) is 19.4. The summed E-state index contributed by atoms with van der Waals surface area (Å²) in [5, 5.41) is 4.70. The van der Waals surface area contributed by atoms with Crippen LogP contribution in [0.15, 0.2) is 126 Å². The number of halogens is 2. The Balaban J connectivity index is 0.933. The zero-order valence-corrected chi connectivity index (χ0v) is 33.5. The quantitative estimate of drug-likeness (QED) is 0.0774. The number of nitrogens with one attached hydrogen (secondary N) is 1. The van der Waals surface area contributed by atoms with Crippen LogP contribution in [0.1, 0.15) is 71.6 Å². The van der Waals surface area contributed by atoms with Crippen LogP contribution in [0.25, 0.3) is 11.0 Å². The maximum atomic E-state index is 14.0. The van der Waals surface area contributed by atoms with Gasteiger partial charge in [0, 0.05) is 53.2 Å². The van der Waals surface area contributed by atoms with E-state index in [1.54, 1.807) is 22.5 Å². The number of sulfonamides is 1. The Hall–Kier alpha value is -4.22. The number of imidazole rings is 1. The first-order chi connectivity index (χ1) is 27.3. The number of anilines is 1. The van der Waals surface area contributed by atoms with Crippen molar-refractivity contribution in [3.05, 3.63) is 159 Å². The summed E-state index contributed by atoms with van der Waals surface area (Å²) in [4.78, 5) is 5.47. The van der Waals surface area contributed by atoms with E-state index < -0.39 is 10.0 Å². The Labute approximate surface area is 339 Å². The lowest BCUT2D eigenvalue weighted by molar-refractivity contribution is 0.0441. The Bertz CT molecular complexity index is 2300. The number of piperidine rings is 1. The van der Waals surface area contributed by atoms with Gasteiger partial charge in [0.25, 0.3) is 0 Å². The zero-order chi connectivity index (χ0) is 38.5. The van der Waals surface area contributed by atoms with Gasteiger partial charge in [0.05, 0.1) is 42.4 Å². The lowest BCUT2D eigenvalue weighted by Crippen LogP contribution is -2.39. The van der Waals surface area contributed by atoms with Gasteiger partial charge in [0.1, 0.15) is 5.82 Å². The molecule has 1 aliphatic heterocycles. The molecule has 0 spiro atoms. The summed E-state index contributed by atoms with van der Waals surface area (Å²) >= 11 is 12.6. The first kappa shape index (κ1) is 38.6. The van der Waals surface area contributed by atoms with Crippen molar-refractivity contribution in [3.63, 3.8) is 0 Å². The summed E-state index contributed by atoms with van der Waals surface area (Å²) in [7, 11) is -3.69. The summed E-state index contributed by atoms with van der Waals surface area (Å²) < 4.78 is 43.4. The van der Waals surface area contributed by atoms with E-state index in [0.29, 0.717) is 79.8 Å². The number of benzene rings is 5. The largest absolute Gasteiger partial charge is 0.383 e. The van der Waals surface area contributed by atoms with Crippen LogP contribution in [0.2, 0.25) is 10.0 Å². The summed E-state index contributed by atoms with van der Waals surface area (Å²) in [5.41, 5.74) is 7.37. The molecule has 0 atom stereocenters. The lowest BCUT2D eigenvalue weighted by Gasteiger charge is -2.33. The summed E-state index contributed by atoms with van der Waals surface area (Å²) in [6.45, 7) is 3.47. The fourth-order valence-electron chi connectivity index (χ4n) is 7.72. The molecule has 8 rings (SSSR count). The summed E-state index contributed by atoms with van der Waals surface area (Å²) in [6, 6.07) is 39.9. The van der Waals surface area contributed by atoms with Crippen molar-refractivity contribution >= 4 is 49.9 Å². The Morgan fingerprint density at radius 3 is 2.05 bits per heavy atom. The average Bonchev–Trinajstić information content (AvgIpc) is 4.01. The molecule has 2 fully saturated rings. The highest BCUT2D eigenvalue weighted by Crippen LogP contribution is 2.44. The van der Waals surface area contributed by atoms with Crippen LogP contribution in [0, 0.1) is 0 Å². The van der Waals surface area contributed by atoms with Gasteiger partial charge in [-0.1, -0.05) is 89.9 Å². The highest BCUT2D eigenvalue weighted by molar-refractivity contribution is 7.89. The smallest absolute Gasteiger partial charge is 0.243 e. The van der Waals surface area contributed by atoms with E-state index in [2.05, 4.69) is 52.3 Å². The SMILES string of the molecule is O=S(=O)(c1cccc(NCCOCCOCc2ccccc2)c1)N1CCC(n2c(C3CC3)nc3ccc(C(c4ccc(Cl)cc4)c4ccc(Cl)cc4)cc32)CC1. The van der Waals surface area contributed by atoms with Gasteiger partial charge in [-0.25, -0.2) is 13.4 Å². The number of rotatable bonds is 16. The fraction of sp³-hybridized carbons (Fsp3) is 0.311. The summed E-state index contributed by atoms with van der Waals surface area (Å²) in [6.07, 6.45) is 3.66. The van der Waals surface area contributed by atoms with Gasteiger partial charge in [0.2, 0.25) is 10.0 Å². The molecule has 1 saturated carbocycles. The Morgan fingerprint density at radius 2 is 1.38 bits per heavy atom. The van der Waals surface area contributed by atoms with Crippen molar-refractivity contribution in [1.82, 2.24) is 13.9 Å². The number of hydrogen-bond donors (Lipinski definition) is 1. The Kier molecular flexibility index (Phi) is 12.1. The molecule has 1 aromatic heterocycles. The number of nitrogens with zero attached hydrogens (tertiary/aromatic N) is 3. The highest BCUT2D eigenvalue weighted by Gasteiger charge is 2.36. The van der Waals surface area contributed by atoms with Crippen LogP contribution >= 0.6 is 23.2 Å². The minimum absolute atomic E-state index is 0.0313. The molecule has 0 amide bonds. The second-order valence-corrected chi connectivity index (χ2v) is 17.4. The van der Waals surface area contributed by atoms with Crippen molar-refractivity contribution in [1.29, 1.82) is 0 Å². The molecule has 1 saturated heterocycles. The van der Waals surface area contributed by atoms with E-state index in [-0.39, 0.29) is 12.0 Å². The monoisotopic (exact) mass is 808 g/mol. The van der Waals surface area contributed by atoms with Gasteiger partial charge in [-0.05, 0) is 103 Å². The maximum Gasteiger partial charge on any atom is 0.243 e. The average molecular weight is 810 g/mol. The number of ether oxygens (including phenoxy) is 2. The van der Waals surface area contributed by atoms with E-state index >= 15 is 0 Å². The second-order valence-electron chi connectivity index (χ2n) is 14.6. The number of aromatic nitrogens is 2. The van der Waals surface area contributed by atoms with Gasteiger partial charge in [-0.15, -0.1) is 0 Å². The van der Waals surface area contributed by atoms with E-state index in [1.165, 1.54) is 0 Å². The van der Waals surface area contributed by atoms with Crippen molar-refractivity contribution in [2.45, 2.75) is 55.1 Å². The van der Waals surface area contributed by atoms with Crippen LogP contribution in [0.4, 0.5) is 5.69 Å². The molecule has 8 nitrogen and oxygen atoms in total. The number of fused-ring (bicyclic) bond motifs is 1. The van der Waals surface area contributed by atoms with Crippen LogP contribution in [0.5, 0.6) is 0 Å². The molecule has 6 aromatic rings. The van der Waals surface area contributed by atoms with E-state index in [9.17, 15) is 8.42 Å². The Morgan fingerprint density at radius 1 is 0.714 bits per heavy atom. The van der Waals surface area contributed by atoms with Gasteiger partial charge in [-0.3, -0.25) is 0 Å². The molecule has 11 heteroatoms. The first-order valence-corrected chi connectivity index (χ1v) is 21.6. The van der Waals surface area contributed by atoms with Crippen molar-refractivity contribution < 1.29 is 17.9 Å². The third-order valence-electron chi connectivity index (χ3n) is 10.7. The predicted octanol–water partition coefficient (Wildman–Crippen LogP) is 10.1. The van der Waals surface area contributed by atoms with Crippen molar-refractivity contribution in [3.8, 4) is 0 Å². The van der Waals surface area contributed by atoms with Crippen molar-refractivity contribution in [2.75, 3.05) is 44.8 Å². The van der Waals surface area contributed by atoms with Gasteiger partial charge in [0.15, 0.2) is 0 Å². The predicted molar refractivity (Wildman–Crippen MR) is 224 cm³/mol. The molecular formula is C45H46Cl2N4O4S. The maximum absolute atomic E-state index is 14.0. The molecule has 5 aromatic carbocycles. The highest BCUT2D eigenvalue weighted by atomic mass is 35.5. The molecule has 2 heterocycles. The molecule has 0 bridgehead atoms. The summed E-state index contributed by atoms with van der Waals surface area (Å²) in [5.74, 6) is 1.52.